The van der Waals surface area contributed by atoms with Crippen LogP contribution >= 0.6 is 0 Å². The second kappa shape index (κ2) is 7.90. The highest BCUT2D eigenvalue weighted by atomic mass is 19.2. The Balaban J connectivity index is 1.67. The lowest BCUT2D eigenvalue weighted by atomic mass is 10.0. The monoisotopic (exact) mass is 447 g/mol. The fraction of sp³-hybridized carbons (Fsp3) is 0.0435. The van der Waals surface area contributed by atoms with Gasteiger partial charge in [0.15, 0.2) is 17.8 Å². The van der Waals surface area contributed by atoms with Crippen LogP contribution in [0.5, 0.6) is 0 Å². The van der Waals surface area contributed by atoms with Gasteiger partial charge in [-0.3, -0.25) is 4.98 Å². The van der Waals surface area contributed by atoms with E-state index in [1.54, 1.807) is 48.8 Å². The van der Waals surface area contributed by atoms with Crippen LogP contribution in [0, 0.1) is 11.6 Å². The average Bonchev–Trinajstić information content (AvgIpc) is 3.20. The molecule has 7 nitrogen and oxygen atoms in total. The van der Waals surface area contributed by atoms with Gasteiger partial charge >= 0.3 is 0 Å². The zero-order valence-electron chi connectivity index (χ0n) is 17.0. The first-order chi connectivity index (χ1) is 16.0. The fourth-order valence-electron chi connectivity index (χ4n) is 3.69. The molecule has 3 aromatic heterocycles. The molecule has 1 atom stereocenters. The SMILES string of the molecule is Nc1nc(-n2nc(C(F)c3cccc(F)c3F)c3ccccc32)nc(N)c1-c1ccncc1. The summed E-state index contributed by atoms with van der Waals surface area (Å²) in [5.41, 5.74) is 13.3. The standard InChI is InChI=1S/C23H16F3N7/c24-15-6-3-5-14(18(15)25)19(26)20-13-4-1-2-7-16(13)33(32-20)23-30-21(27)17(22(28)31-23)12-8-10-29-11-9-12/h1-11,19H,(H4,27,28,30,31). The zero-order chi connectivity index (χ0) is 23.1. The van der Waals surface area contributed by atoms with Crippen LogP contribution in [0.4, 0.5) is 24.8 Å². The number of aromatic nitrogens is 5. The largest absolute Gasteiger partial charge is 0.383 e. The number of nitrogens with two attached hydrogens (primary N) is 2. The van der Waals surface area contributed by atoms with Crippen molar-refractivity contribution < 1.29 is 13.2 Å². The van der Waals surface area contributed by atoms with Crippen LogP contribution in [-0.4, -0.2) is 24.7 Å². The molecule has 10 heteroatoms. The molecule has 0 radical (unpaired) electrons. The van der Waals surface area contributed by atoms with Crippen LogP contribution in [-0.2, 0) is 0 Å². The Morgan fingerprint density at radius 2 is 1.55 bits per heavy atom. The predicted octanol–water partition coefficient (Wildman–Crippen LogP) is 4.38. The van der Waals surface area contributed by atoms with E-state index >= 15 is 4.39 Å². The molecule has 0 amide bonds. The van der Waals surface area contributed by atoms with Crippen LogP contribution in [0.3, 0.4) is 0 Å². The van der Waals surface area contributed by atoms with Crippen molar-refractivity contribution in [3.63, 3.8) is 0 Å². The summed E-state index contributed by atoms with van der Waals surface area (Å²) in [6.45, 7) is 0. The number of benzene rings is 2. The molecule has 0 fully saturated rings. The van der Waals surface area contributed by atoms with Gasteiger partial charge in [-0.25, -0.2) is 13.2 Å². The third kappa shape index (κ3) is 3.41. The van der Waals surface area contributed by atoms with E-state index in [1.165, 1.54) is 16.8 Å². The van der Waals surface area contributed by atoms with Gasteiger partial charge in [0, 0.05) is 23.3 Å². The topological polar surface area (TPSA) is 109 Å². The molecule has 0 saturated heterocycles. The second-order valence-corrected chi connectivity index (χ2v) is 7.22. The van der Waals surface area contributed by atoms with E-state index in [0.717, 1.165) is 6.07 Å². The lowest BCUT2D eigenvalue weighted by Gasteiger charge is -2.10. The Bertz CT molecular complexity index is 1460. The van der Waals surface area contributed by atoms with Crippen LogP contribution < -0.4 is 11.5 Å². The summed E-state index contributed by atoms with van der Waals surface area (Å²) in [4.78, 5) is 12.6. The summed E-state index contributed by atoms with van der Waals surface area (Å²) in [6.07, 6.45) is 1.14. The number of nitrogen functional groups attached to an aromatic ring is 2. The van der Waals surface area contributed by atoms with Gasteiger partial charge in [0.1, 0.15) is 17.3 Å². The van der Waals surface area contributed by atoms with E-state index in [9.17, 15) is 8.78 Å². The summed E-state index contributed by atoms with van der Waals surface area (Å²) >= 11 is 0. The Morgan fingerprint density at radius 3 is 2.27 bits per heavy atom. The summed E-state index contributed by atoms with van der Waals surface area (Å²) in [5, 5.41) is 4.68. The summed E-state index contributed by atoms with van der Waals surface area (Å²) in [7, 11) is 0. The molecular weight excluding hydrogens is 431 g/mol. The summed E-state index contributed by atoms with van der Waals surface area (Å²) in [6, 6.07) is 13.5. The van der Waals surface area contributed by atoms with Crippen molar-refractivity contribution in [2.24, 2.45) is 0 Å². The number of hydrogen-bond acceptors (Lipinski definition) is 6. The number of halogens is 3. The molecule has 0 spiro atoms. The zero-order valence-corrected chi connectivity index (χ0v) is 17.0. The Labute approximate surface area is 185 Å². The van der Waals surface area contributed by atoms with Crippen LogP contribution in [0.1, 0.15) is 17.4 Å². The first-order valence-corrected chi connectivity index (χ1v) is 9.85. The van der Waals surface area contributed by atoms with Crippen molar-refractivity contribution in [1.29, 1.82) is 0 Å². The van der Waals surface area contributed by atoms with Crippen molar-refractivity contribution in [1.82, 2.24) is 24.7 Å². The maximum absolute atomic E-state index is 15.4. The van der Waals surface area contributed by atoms with Crippen LogP contribution in [0.2, 0.25) is 0 Å². The molecule has 0 bridgehead atoms. The molecular formula is C23H16F3N7. The normalized spacial score (nSPS) is 12.2. The second-order valence-electron chi connectivity index (χ2n) is 7.22. The van der Waals surface area contributed by atoms with Crippen molar-refractivity contribution in [2.75, 3.05) is 11.5 Å². The third-order valence-corrected chi connectivity index (χ3v) is 5.22. The molecule has 4 N–H and O–H groups in total. The molecule has 0 aliphatic carbocycles. The number of anilines is 2. The predicted molar refractivity (Wildman–Crippen MR) is 118 cm³/mol. The minimum atomic E-state index is -2.03. The highest BCUT2D eigenvalue weighted by Crippen LogP contribution is 2.35. The van der Waals surface area contributed by atoms with E-state index in [0.29, 0.717) is 22.0 Å². The summed E-state index contributed by atoms with van der Waals surface area (Å²) in [5.74, 6) is -2.21. The summed E-state index contributed by atoms with van der Waals surface area (Å²) < 4.78 is 44.7. The van der Waals surface area contributed by atoms with Gasteiger partial charge in [0.25, 0.3) is 5.95 Å². The maximum atomic E-state index is 15.4. The van der Waals surface area contributed by atoms with Gasteiger partial charge in [0.2, 0.25) is 0 Å². The smallest absolute Gasteiger partial charge is 0.255 e. The van der Waals surface area contributed by atoms with Crippen molar-refractivity contribution in [2.45, 2.75) is 6.17 Å². The van der Waals surface area contributed by atoms with Gasteiger partial charge in [-0.15, -0.1) is 0 Å². The molecule has 5 aromatic rings. The lowest BCUT2D eigenvalue weighted by Crippen LogP contribution is -2.10. The van der Waals surface area contributed by atoms with Gasteiger partial charge in [-0.2, -0.15) is 19.7 Å². The Hall–Kier alpha value is -4.47. The van der Waals surface area contributed by atoms with Crippen molar-refractivity contribution >= 4 is 22.5 Å². The molecule has 164 valence electrons. The Morgan fingerprint density at radius 1 is 0.848 bits per heavy atom. The number of nitrogens with zero attached hydrogens (tertiary/aromatic N) is 5. The first-order valence-electron chi connectivity index (χ1n) is 9.85. The van der Waals surface area contributed by atoms with Crippen LogP contribution in [0.15, 0.2) is 67.0 Å². The highest BCUT2D eigenvalue weighted by molar-refractivity contribution is 5.85. The highest BCUT2D eigenvalue weighted by Gasteiger charge is 2.26. The molecule has 0 aliphatic heterocycles. The fourth-order valence-corrected chi connectivity index (χ4v) is 3.69. The van der Waals surface area contributed by atoms with Crippen LogP contribution in [0.25, 0.3) is 28.0 Å². The molecule has 0 saturated carbocycles. The number of fused-ring (bicyclic) bond motifs is 1. The number of pyridine rings is 1. The lowest BCUT2D eigenvalue weighted by molar-refractivity contribution is 0.371. The number of rotatable bonds is 4. The molecule has 5 rings (SSSR count). The van der Waals surface area contributed by atoms with Gasteiger partial charge in [0.05, 0.1) is 11.1 Å². The quantitative estimate of drug-likeness (QED) is 0.423. The van der Waals surface area contributed by atoms with Gasteiger partial charge in [-0.1, -0.05) is 30.3 Å². The van der Waals surface area contributed by atoms with Gasteiger partial charge in [-0.05, 0) is 29.8 Å². The minimum Gasteiger partial charge on any atom is -0.383 e. The number of hydrogen-bond donors (Lipinski definition) is 2. The molecule has 1 unspecified atom stereocenters. The average molecular weight is 447 g/mol. The first kappa shape index (κ1) is 20.4. The number of alkyl halides is 1. The third-order valence-electron chi connectivity index (χ3n) is 5.22. The van der Waals surface area contributed by atoms with Crippen molar-refractivity contribution in [3.05, 3.63) is 89.9 Å². The number of para-hydroxylation sites is 1. The molecule has 2 aromatic carbocycles. The molecule has 0 aliphatic rings. The Kier molecular flexibility index (Phi) is 4.89. The molecule has 3 heterocycles. The van der Waals surface area contributed by atoms with E-state index in [1.807, 2.05) is 0 Å². The molecule has 33 heavy (non-hydrogen) atoms. The maximum Gasteiger partial charge on any atom is 0.255 e. The van der Waals surface area contributed by atoms with E-state index in [-0.39, 0.29) is 23.3 Å². The van der Waals surface area contributed by atoms with E-state index in [2.05, 4.69) is 20.1 Å². The van der Waals surface area contributed by atoms with E-state index < -0.39 is 23.4 Å². The van der Waals surface area contributed by atoms with Crippen molar-refractivity contribution in [3.8, 4) is 17.1 Å². The minimum absolute atomic E-state index is 0.0113. The van der Waals surface area contributed by atoms with E-state index in [4.69, 9.17) is 11.5 Å². The van der Waals surface area contributed by atoms with Gasteiger partial charge < -0.3 is 11.5 Å².